The van der Waals surface area contributed by atoms with E-state index >= 15 is 0 Å². The number of hydrogen-bond donors (Lipinski definition) is 0. The molecule has 0 aliphatic rings. The summed E-state index contributed by atoms with van der Waals surface area (Å²) in [5.41, 5.74) is -1.79. The van der Waals surface area contributed by atoms with Gasteiger partial charge in [0.15, 0.2) is 0 Å². The minimum Gasteiger partial charge on any atom is -0.247 e. The van der Waals surface area contributed by atoms with E-state index < -0.39 is 17.1 Å². The largest absolute Gasteiger partial charge is 0.336 e. The number of rotatable bonds is 9. The molecule has 0 aromatic carbocycles. The number of alkyl halides is 6. The molecular formula is C12H15Br6N3O3. The Labute approximate surface area is 189 Å². The molecule has 12 heteroatoms. The highest BCUT2D eigenvalue weighted by atomic mass is 79.9. The van der Waals surface area contributed by atoms with E-state index in [0.717, 1.165) is 13.7 Å². The van der Waals surface area contributed by atoms with Gasteiger partial charge in [-0.2, -0.15) is 0 Å². The Bertz CT molecular complexity index is 590. The van der Waals surface area contributed by atoms with Crippen LogP contribution in [0.25, 0.3) is 0 Å². The van der Waals surface area contributed by atoms with Crippen LogP contribution in [-0.4, -0.2) is 44.2 Å². The Hall–Kier alpha value is 1.29. The molecule has 0 saturated heterocycles. The molecule has 1 heterocycles. The van der Waals surface area contributed by atoms with E-state index in [0.29, 0.717) is 16.0 Å². The Kier molecular flexibility index (Phi) is 10.9. The van der Waals surface area contributed by atoms with Crippen LogP contribution >= 0.6 is 95.6 Å². The smallest absolute Gasteiger partial charge is 0.247 e. The van der Waals surface area contributed by atoms with Gasteiger partial charge in [-0.3, -0.25) is 0 Å². The first-order valence-corrected chi connectivity index (χ1v) is 12.9. The summed E-state index contributed by atoms with van der Waals surface area (Å²) in [6.45, 7) is 0.517. The second-order valence-corrected chi connectivity index (χ2v) is 10.8. The number of halogens is 6. The number of aromatic nitrogens is 3. The third kappa shape index (κ3) is 6.17. The fourth-order valence-electron chi connectivity index (χ4n) is 1.89. The molecule has 0 aliphatic carbocycles. The Morgan fingerprint density at radius 1 is 0.583 bits per heavy atom. The highest BCUT2D eigenvalue weighted by Gasteiger charge is 2.20. The van der Waals surface area contributed by atoms with Crippen molar-refractivity contribution in [3.63, 3.8) is 0 Å². The van der Waals surface area contributed by atoms with Gasteiger partial charge in [0.25, 0.3) is 0 Å². The summed E-state index contributed by atoms with van der Waals surface area (Å²) in [6.07, 6.45) is 0. The SMILES string of the molecule is O=c1n(C[C@H](Br)CBr)c(=O)n(C[C@@H](Br)CBr)c(=O)n1C[C@H](Br)CBr. The van der Waals surface area contributed by atoms with Crippen molar-refractivity contribution in [1.82, 2.24) is 13.7 Å². The van der Waals surface area contributed by atoms with Crippen molar-refractivity contribution in [3.05, 3.63) is 31.5 Å². The van der Waals surface area contributed by atoms with Crippen LogP contribution < -0.4 is 17.1 Å². The van der Waals surface area contributed by atoms with E-state index in [1.54, 1.807) is 0 Å². The van der Waals surface area contributed by atoms with Crippen molar-refractivity contribution in [3.8, 4) is 0 Å². The van der Waals surface area contributed by atoms with Gasteiger partial charge in [0.05, 0.1) is 0 Å². The molecule has 6 nitrogen and oxygen atoms in total. The molecule has 1 rings (SSSR count). The second-order valence-electron chi connectivity index (χ2n) is 4.93. The first kappa shape index (κ1) is 23.3. The van der Waals surface area contributed by atoms with Gasteiger partial charge in [-0.25, -0.2) is 28.1 Å². The van der Waals surface area contributed by atoms with Crippen LogP contribution in [0.4, 0.5) is 0 Å². The lowest BCUT2D eigenvalue weighted by Gasteiger charge is -2.17. The summed E-state index contributed by atoms with van der Waals surface area (Å²) < 4.78 is 3.30. The van der Waals surface area contributed by atoms with Crippen molar-refractivity contribution in [1.29, 1.82) is 0 Å². The lowest BCUT2D eigenvalue weighted by molar-refractivity contribution is 0.449. The fraction of sp³-hybridized carbons (Fsp3) is 0.750. The molecule has 1 aromatic heterocycles. The zero-order valence-corrected chi connectivity index (χ0v) is 21.8. The van der Waals surface area contributed by atoms with Crippen LogP contribution in [0.3, 0.4) is 0 Å². The lowest BCUT2D eigenvalue weighted by atomic mass is 10.4. The summed E-state index contributed by atoms with van der Waals surface area (Å²) in [5.74, 6) is 0. The predicted octanol–water partition coefficient (Wildman–Crippen LogP) is 2.65. The maximum Gasteiger partial charge on any atom is 0.336 e. The van der Waals surface area contributed by atoms with Gasteiger partial charge < -0.3 is 0 Å². The first-order valence-electron chi connectivity index (χ1n) is 6.81. The van der Waals surface area contributed by atoms with E-state index in [9.17, 15) is 14.4 Å². The number of hydrogen-bond acceptors (Lipinski definition) is 3. The van der Waals surface area contributed by atoms with Crippen molar-refractivity contribution < 1.29 is 0 Å². The number of nitrogens with zero attached hydrogens (tertiary/aromatic N) is 3. The Balaban J connectivity index is 3.55. The van der Waals surface area contributed by atoms with Crippen LogP contribution in [0.5, 0.6) is 0 Å². The molecule has 0 amide bonds. The van der Waals surface area contributed by atoms with Crippen molar-refractivity contribution in [2.45, 2.75) is 34.1 Å². The molecule has 3 atom stereocenters. The predicted molar refractivity (Wildman–Crippen MR) is 119 cm³/mol. The molecule has 0 aliphatic heterocycles. The van der Waals surface area contributed by atoms with Gasteiger partial charge in [-0.05, 0) is 0 Å². The van der Waals surface area contributed by atoms with E-state index in [2.05, 4.69) is 95.6 Å². The van der Waals surface area contributed by atoms with Crippen LogP contribution in [0.1, 0.15) is 0 Å². The lowest BCUT2D eigenvalue weighted by Crippen LogP contribution is -2.56. The maximum absolute atomic E-state index is 12.6. The molecule has 138 valence electrons. The maximum atomic E-state index is 12.6. The van der Waals surface area contributed by atoms with E-state index in [4.69, 9.17) is 0 Å². The normalized spacial score (nSPS) is 15.2. The average molecular weight is 729 g/mol. The van der Waals surface area contributed by atoms with Crippen molar-refractivity contribution in [2.75, 3.05) is 16.0 Å². The van der Waals surface area contributed by atoms with Gasteiger partial charge in [0.2, 0.25) is 0 Å². The highest BCUT2D eigenvalue weighted by molar-refractivity contribution is 9.12. The van der Waals surface area contributed by atoms with Gasteiger partial charge in [0.1, 0.15) is 0 Å². The average Bonchev–Trinajstić information content (AvgIpc) is 2.58. The minimum absolute atomic E-state index is 0.103. The van der Waals surface area contributed by atoms with Crippen LogP contribution in [0, 0.1) is 0 Å². The first-order chi connectivity index (χ1) is 11.3. The molecule has 0 radical (unpaired) electrons. The highest BCUT2D eigenvalue weighted by Crippen LogP contribution is 2.07. The zero-order chi connectivity index (χ0) is 18.4. The van der Waals surface area contributed by atoms with Gasteiger partial charge >= 0.3 is 17.1 Å². The van der Waals surface area contributed by atoms with Crippen molar-refractivity contribution in [2.24, 2.45) is 0 Å². The van der Waals surface area contributed by atoms with E-state index in [1.807, 2.05) is 0 Å². The topological polar surface area (TPSA) is 66.0 Å². The molecule has 0 saturated carbocycles. The third-order valence-corrected chi connectivity index (χ3v) is 9.82. The fourth-order valence-corrected chi connectivity index (χ4v) is 3.37. The van der Waals surface area contributed by atoms with Crippen LogP contribution in [0.2, 0.25) is 0 Å². The van der Waals surface area contributed by atoms with Gasteiger partial charge in [-0.1, -0.05) is 95.6 Å². The molecular weight excluding hydrogens is 714 g/mol. The monoisotopic (exact) mass is 723 g/mol. The molecule has 0 N–H and O–H groups in total. The summed E-state index contributed by atoms with van der Waals surface area (Å²) >= 11 is 20.1. The summed E-state index contributed by atoms with van der Waals surface area (Å²) in [5, 5.41) is 1.72. The molecule has 0 bridgehead atoms. The standard InChI is InChI=1S/C12H15Br6N3O3/c13-1-7(16)4-19-10(22)20(5-8(17)2-14)12(24)21(11(19)23)6-9(18)3-15/h7-9H,1-6H2/t7-,8-,9+/m1/s1. The summed E-state index contributed by atoms with van der Waals surface area (Å²) in [4.78, 5) is 37.6. The third-order valence-electron chi connectivity index (χ3n) is 3.03. The molecule has 24 heavy (non-hydrogen) atoms. The van der Waals surface area contributed by atoms with Crippen LogP contribution in [-0.2, 0) is 19.6 Å². The molecule has 0 spiro atoms. The summed E-state index contributed by atoms with van der Waals surface area (Å²) in [7, 11) is 0. The Morgan fingerprint density at radius 2 is 0.792 bits per heavy atom. The minimum atomic E-state index is -0.595. The quantitative estimate of drug-likeness (QED) is 0.368. The molecule has 1 aromatic rings. The van der Waals surface area contributed by atoms with Gasteiger partial charge in [0, 0.05) is 50.1 Å². The second kappa shape index (κ2) is 11.2. The Morgan fingerprint density at radius 3 is 0.958 bits per heavy atom. The van der Waals surface area contributed by atoms with E-state index in [1.165, 1.54) is 0 Å². The zero-order valence-electron chi connectivity index (χ0n) is 12.3. The summed E-state index contributed by atoms with van der Waals surface area (Å²) in [6, 6.07) is 0. The van der Waals surface area contributed by atoms with Crippen molar-refractivity contribution >= 4 is 95.6 Å². The molecule has 0 fully saturated rings. The van der Waals surface area contributed by atoms with E-state index in [-0.39, 0.29) is 34.1 Å². The molecule has 0 unspecified atom stereocenters. The van der Waals surface area contributed by atoms with Gasteiger partial charge in [-0.15, -0.1) is 0 Å². The van der Waals surface area contributed by atoms with Crippen LogP contribution in [0.15, 0.2) is 14.4 Å².